The number of nitrogens with zero attached hydrogens (tertiary/aromatic N) is 2. The minimum atomic E-state index is -1.09. The van der Waals surface area contributed by atoms with E-state index in [0.29, 0.717) is 31.0 Å². The normalized spacial score (nSPS) is 19.5. The van der Waals surface area contributed by atoms with Crippen LogP contribution < -0.4 is 0 Å². The molecule has 0 N–H and O–H groups in total. The first kappa shape index (κ1) is 18.0. The van der Waals surface area contributed by atoms with E-state index < -0.39 is 35.8 Å². The Balaban J connectivity index is 1.74. The molecule has 0 unspecified atom stereocenters. The summed E-state index contributed by atoms with van der Waals surface area (Å²) in [7, 11) is 0. The molecule has 9 heteroatoms. The van der Waals surface area contributed by atoms with E-state index in [0.717, 1.165) is 0 Å². The van der Waals surface area contributed by atoms with Gasteiger partial charge in [-0.25, -0.2) is 9.59 Å². The molecule has 0 aromatic heterocycles. The van der Waals surface area contributed by atoms with Crippen molar-refractivity contribution in [1.29, 1.82) is 0 Å². The standard InChI is InChI=1S/C15H22N2O7/c1-15(2,3)23-13(20)16-8-6-10(7-9-16)22-14(21)24-17-11(18)4-5-12(17)19/h10H,4-9H2,1-3H3. The van der Waals surface area contributed by atoms with Crippen LogP contribution in [0.5, 0.6) is 0 Å². The van der Waals surface area contributed by atoms with Gasteiger partial charge in [-0.15, -0.1) is 0 Å². The van der Waals surface area contributed by atoms with Gasteiger partial charge >= 0.3 is 12.2 Å². The second kappa shape index (κ2) is 7.06. The van der Waals surface area contributed by atoms with Gasteiger partial charge in [-0.05, 0) is 20.8 Å². The lowest BCUT2D eigenvalue weighted by atomic mass is 10.1. The number of ether oxygens (including phenoxy) is 2. The average Bonchev–Trinajstić information content (AvgIpc) is 2.78. The lowest BCUT2D eigenvalue weighted by Crippen LogP contribution is -2.44. The molecule has 2 saturated heterocycles. The van der Waals surface area contributed by atoms with Crippen LogP contribution in [0.1, 0.15) is 46.5 Å². The van der Waals surface area contributed by atoms with Crippen molar-refractivity contribution >= 4 is 24.1 Å². The summed E-state index contributed by atoms with van der Waals surface area (Å²) in [6.45, 7) is 6.13. The van der Waals surface area contributed by atoms with E-state index in [-0.39, 0.29) is 12.8 Å². The maximum atomic E-state index is 11.9. The molecule has 0 bridgehead atoms. The molecule has 0 radical (unpaired) electrons. The highest BCUT2D eigenvalue weighted by Gasteiger charge is 2.35. The Morgan fingerprint density at radius 3 is 2.08 bits per heavy atom. The summed E-state index contributed by atoms with van der Waals surface area (Å²) < 4.78 is 10.4. The maximum absolute atomic E-state index is 11.9. The van der Waals surface area contributed by atoms with Crippen LogP contribution in [0.2, 0.25) is 0 Å². The third kappa shape index (κ3) is 4.84. The van der Waals surface area contributed by atoms with E-state index in [4.69, 9.17) is 9.47 Å². The van der Waals surface area contributed by atoms with Gasteiger partial charge in [0.2, 0.25) is 0 Å². The number of piperidine rings is 1. The smallest absolute Gasteiger partial charge is 0.444 e. The zero-order valence-electron chi connectivity index (χ0n) is 14.1. The quantitative estimate of drug-likeness (QED) is 0.555. The largest absolute Gasteiger partial charge is 0.534 e. The van der Waals surface area contributed by atoms with Gasteiger partial charge in [-0.3, -0.25) is 14.4 Å². The van der Waals surface area contributed by atoms with E-state index in [2.05, 4.69) is 4.84 Å². The molecule has 0 saturated carbocycles. The molecule has 0 aliphatic carbocycles. The number of carbonyl (C=O) groups is 4. The Hall–Kier alpha value is -2.32. The van der Waals surface area contributed by atoms with Crippen molar-refractivity contribution in [1.82, 2.24) is 9.96 Å². The summed E-state index contributed by atoms with van der Waals surface area (Å²) >= 11 is 0. The molecule has 2 aliphatic rings. The van der Waals surface area contributed by atoms with Gasteiger partial charge in [0.25, 0.3) is 11.8 Å². The van der Waals surface area contributed by atoms with Crippen molar-refractivity contribution in [2.24, 2.45) is 0 Å². The molecular formula is C15H22N2O7. The van der Waals surface area contributed by atoms with E-state index in [1.54, 1.807) is 25.7 Å². The highest BCUT2D eigenvalue weighted by molar-refractivity contribution is 6.01. The molecule has 3 amide bonds. The number of carbonyl (C=O) groups excluding carboxylic acids is 4. The molecular weight excluding hydrogens is 320 g/mol. The molecule has 0 atom stereocenters. The first-order valence-corrected chi connectivity index (χ1v) is 7.88. The molecule has 9 nitrogen and oxygen atoms in total. The summed E-state index contributed by atoms with van der Waals surface area (Å²) in [6.07, 6.45) is -1.03. The molecule has 0 aromatic carbocycles. The lowest BCUT2D eigenvalue weighted by Gasteiger charge is -2.32. The van der Waals surface area contributed by atoms with E-state index >= 15 is 0 Å². The SMILES string of the molecule is CC(C)(C)OC(=O)N1CCC(OC(=O)ON2C(=O)CCC2=O)CC1. The highest BCUT2D eigenvalue weighted by atomic mass is 16.8. The third-order valence-electron chi connectivity index (χ3n) is 3.53. The molecule has 24 heavy (non-hydrogen) atoms. The van der Waals surface area contributed by atoms with Crippen molar-refractivity contribution in [3.63, 3.8) is 0 Å². The van der Waals surface area contributed by atoms with Crippen LogP contribution in [-0.4, -0.2) is 58.8 Å². The summed E-state index contributed by atoms with van der Waals surface area (Å²) in [6, 6.07) is 0. The predicted octanol–water partition coefficient (Wildman–Crippen LogP) is 1.60. The molecule has 2 rings (SSSR count). The summed E-state index contributed by atoms with van der Waals surface area (Å²) in [5, 5.41) is 0.443. The van der Waals surface area contributed by atoms with Gasteiger partial charge in [0, 0.05) is 38.8 Å². The Bertz CT molecular complexity index is 516. The fourth-order valence-corrected chi connectivity index (χ4v) is 2.37. The molecule has 2 aliphatic heterocycles. The van der Waals surface area contributed by atoms with Gasteiger partial charge < -0.3 is 14.4 Å². The number of hydroxylamine groups is 2. The van der Waals surface area contributed by atoms with Crippen molar-refractivity contribution in [2.75, 3.05) is 13.1 Å². The predicted molar refractivity (Wildman–Crippen MR) is 79.5 cm³/mol. The molecule has 0 aromatic rings. The Morgan fingerprint density at radius 1 is 1.04 bits per heavy atom. The van der Waals surface area contributed by atoms with E-state index in [1.807, 2.05) is 0 Å². The van der Waals surface area contributed by atoms with Crippen LogP contribution in [0.3, 0.4) is 0 Å². The zero-order chi connectivity index (χ0) is 17.9. The second-order valence-electron chi connectivity index (χ2n) is 6.71. The number of amides is 3. The maximum Gasteiger partial charge on any atom is 0.534 e. The summed E-state index contributed by atoms with van der Waals surface area (Å²) in [5.74, 6) is -1.12. The van der Waals surface area contributed by atoms with Crippen LogP contribution in [0.25, 0.3) is 0 Å². The number of hydrogen-bond donors (Lipinski definition) is 0. The van der Waals surface area contributed by atoms with Gasteiger partial charge in [-0.2, -0.15) is 0 Å². The first-order chi connectivity index (χ1) is 11.2. The second-order valence-corrected chi connectivity index (χ2v) is 6.71. The molecule has 2 fully saturated rings. The van der Waals surface area contributed by atoms with Crippen LogP contribution in [0.4, 0.5) is 9.59 Å². The van der Waals surface area contributed by atoms with Gasteiger partial charge in [0.05, 0.1) is 0 Å². The lowest BCUT2D eigenvalue weighted by molar-refractivity contribution is -0.179. The number of rotatable bonds is 2. The molecule has 0 spiro atoms. The van der Waals surface area contributed by atoms with Crippen LogP contribution in [0.15, 0.2) is 0 Å². The topological polar surface area (TPSA) is 102 Å². The average molecular weight is 342 g/mol. The van der Waals surface area contributed by atoms with Gasteiger partial charge in [-0.1, -0.05) is 5.06 Å². The van der Waals surface area contributed by atoms with E-state index in [1.165, 1.54) is 0 Å². The fourth-order valence-electron chi connectivity index (χ4n) is 2.37. The molecule has 134 valence electrons. The highest BCUT2D eigenvalue weighted by Crippen LogP contribution is 2.19. The number of imide groups is 1. The fraction of sp³-hybridized carbons (Fsp3) is 0.733. The monoisotopic (exact) mass is 342 g/mol. The van der Waals surface area contributed by atoms with Crippen molar-refractivity contribution in [2.45, 2.75) is 58.2 Å². The van der Waals surface area contributed by atoms with Crippen LogP contribution in [0, 0.1) is 0 Å². The van der Waals surface area contributed by atoms with Crippen molar-refractivity contribution in [3.05, 3.63) is 0 Å². The zero-order valence-corrected chi connectivity index (χ0v) is 14.1. The van der Waals surface area contributed by atoms with Gasteiger partial charge in [0.1, 0.15) is 11.7 Å². The molecule has 2 heterocycles. The van der Waals surface area contributed by atoms with E-state index in [9.17, 15) is 19.2 Å². The summed E-state index contributed by atoms with van der Waals surface area (Å²) in [4.78, 5) is 52.5. The number of likely N-dealkylation sites (tertiary alicyclic amines) is 1. The Morgan fingerprint density at radius 2 is 1.58 bits per heavy atom. The Labute approximate surface area is 139 Å². The summed E-state index contributed by atoms with van der Waals surface area (Å²) in [5.41, 5.74) is -0.566. The third-order valence-corrected chi connectivity index (χ3v) is 3.53. The Kier molecular flexibility index (Phi) is 5.30. The van der Waals surface area contributed by atoms with Gasteiger partial charge in [0.15, 0.2) is 0 Å². The van der Waals surface area contributed by atoms with Crippen molar-refractivity contribution in [3.8, 4) is 0 Å². The minimum absolute atomic E-state index is 0.0282. The van der Waals surface area contributed by atoms with Crippen LogP contribution >= 0.6 is 0 Å². The van der Waals surface area contributed by atoms with Crippen molar-refractivity contribution < 1.29 is 33.5 Å². The minimum Gasteiger partial charge on any atom is -0.444 e. The van der Waals surface area contributed by atoms with Crippen LogP contribution in [-0.2, 0) is 23.9 Å². The first-order valence-electron chi connectivity index (χ1n) is 7.88. The number of hydrogen-bond acceptors (Lipinski definition) is 7.